The van der Waals surface area contributed by atoms with E-state index in [2.05, 4.69) is 4.74 Å². The summed E-state index contributed by atoms with van der Waals surface area (Å²) < 4.78 is 63.8. The van der Waals surface area contributed by atoms with Crippen LogP contribution in [0.5, 0.6) is 11.5 Å². The Bertz CT molecular complexity index is 444. The molecule has 1 aromatic carbocycles. The summed E-state index contributed by atoms with van der Waals surface area (Å²) in [6, 6.07) is 5.20. The second-order valence-electron chi connectivity index (χ2n) is 5.12. The molecule has 0 saturated carbocycles. The molecule has 0 aliphatic rings. The van der Waals surface area contributed by atoms with Crippen LogP contribution in [0.3, 0.4) is 0 Å². The fraction of sp³-hybridized carbons (Fsp3) is 0.500. The normalized spacial score (nSPS) is 13.3. The summed E-state index contributed by atoms with van der Waals surface area (Å²) in [5.41, 5.74) is -4.18. The summed E-state index contributed by atoms with van der Waals surface area (Å²) in [5, 5.41) is 0. The molecule has 2 nitrogen and oxygen atoms in total. The van der Waals surface area contributed by atoms with Crippen molar-refractivity contribution in [3.63, 3.8) is 0 Å². The van der Waals surface area contributed by atoms with Crippen LogP contribution in [0.4, 0.5) is 17.6 Å². The van der Waals surface area contributed by atoms with Gasteiger partial charge >= 0.3 is 11.7 Å². The first kappa shape index (κ1) is 15.8. The van der Waals surface area contributed by atoms with Crippen LogP contribution < -0.4 is 9.47 Å². The number of methoxy groups -OCH3 is 1. The van der Waals surface area contributed by atoms with Gasteiger partial charge in [-0.1, -0.05) is 25.7 Å². The number of benzene rings is 1. The van der Waals surface area contributed by atoms with E-state index in [-0.39, 0.29) is 11.5 Å². The fourth-order valence-electron chi connectivity index (χ4n) is 1.31. The van der Waals surface area contributed by atoms with Gasteiger partial charge < -0.3 is 9.47 Å². The number of rotatable bonds is 5. The highest BCUT2D eigenvalue weighted by atomic mass is 28.3. The summed E-state index contributed by atoms with van der Waals surface area (Å²) in [4.78, 5) is 0. The Hall–Kier alpha value is -1.24. The van der Waals surface area contributed by atoms with Crippen molar-refractivity contribution in [3.05, 3.63) is 24.3 Å². The average Bonchev–Trinajstić information content (AvgIpc) is 2.27. The van der Waals surface area contributed by atoms with Crippen LogP contribution in [-0.4, -0.2) is 26.8 Å². The minimum atomic E-state index is -4.55. The molecule has 0 saturated heterocycles. The summed E-state index contributed by atoms with van der Waals surface area (Å²) in [5.74, 6) is -0.105. The van der Waals surface area contributed by atoms with Crippen molar-refractivity contribution in [1.82, 2.24) is 0 Å². The highest BCUT2D eigenvalue weighted by molar-refractivity contribution is 6.78. The third-order valence-electron chi connectivity index (χ3n) is 2.59. The van der Waals surface area contributed by atoms with Crippen LogP contribution in [-0.2, 0) is 0 Å². The second-order valence-corrected chi connectivity index (χ2v) is 10.3. The highest BCUT2D eigenvalue weighted by Crippen LogP contribution is 2.42. The first-order chi connectivity index (χ1) is 8.51. The molecule has 0 atom stereocenters. The van der Waals surface area contributed by atoms with E-state index in [9.17, 15) is 17.6 Å². The maximum atomic E-state index is 13.7. The number of hydrogen-bond acceptors (Lipinski definition) is 2. The lowest BCUT2D eigenvalue weighted by atomic mass is 10.3. The zero-order chi connectivity index (χ0) is 14.9. The van der Waals surface area contributed by atoms with Gasteiger partial charge in [-0.25, -0.2) is 8.78 Å². The maximum absolute atomic E-state index is 13.7. The Morgan fingerprint density at radius 1 is 1.00 bits per heavy atom. The second kappa shape index (κ2) is 5.03. The topological polar surface area (TPSA) is 18.5 Å². The summed E-state index contributed by atoms with van der Waals surface area (Å²) >= 11 is 0. The van der Waals surface area contributed by atoms with Gasteiger partial charge in [0.15, 0.2) is 0 Å². The number of halogens is 4. The molecule has 108 valence electrons. The predicted octanol–water partition coefficient (Wildman–Crippen LogP) is 4.18. The first-order valence-electron chi connectivity index (χ1n) is 5.60. The molecular formula is C12H16F4O2Si. The largest absolute Gasteiger partial charge is 0.497 e. The molecule has 0 aliphatic carbocycles. The van der Waals surface area contributed by atoms with Crippen molar-refractivity contribution in [2.75, 3.05) is 7.11 Å². The van der Waals surface area contributed by atoms with Gasteiger partial charge in [0, 0.05) is 6.07 Å². The number of alkyl halides is 4. The molecule has 0 heterocycles. The molecule has 0 aliphatic heterocycles. The maximum Gasteiger partial charge on any atom is 0.459 e. The lowest BCUT2D eigenvalue weighted by Gasteiger charge is -2.34. The smallest absolute Gasteiger partial charge is 0.459 e. The molecule has 1 rings (SSSR count). The first-order valence-corrected chi connectivity index (χ1v) is 9.10. The summed E-state index contributed by atoms with van der Waals surface area (Å²) in [6.07, 6.45) is -4.55. The van der Waals surface area contributed by atoms with E-state index < -0.39 is 19.7 Å². The molecule has 1 aromatic rings. The number of ether oxygens (including phenoxy) is 2. The van der Waals surface area contributed by atoms with Crippen molar-refractivity contribution in [2.45, 2.75) is 31.3 Å². The van der Waals surface area contributed by atoms with Crippen LogP contribution in [0.2, 0.25) is 19.6 Å². The minimum absolute atomic E-state index is 0.254. The third kappa shape index (κ3) is 3.20. The van der Waals surface area contributed by atoms with Crippen LogP contribution >= 0.6 is 0 Å². The minimum Gasteiger partial charge on any atom is -0.497 e. The Kier molecular flexibility index (Phi) is 4.19. The lowest BCUT2D eigenvalue weighted by Crippen LogP contribution is -2.59. The Labute approximate surface area is 110 Å². The Morgan fingerprint density at radius 2 is 1.53 bits per heavy atom. The molecular weight excluding hydrogens is 280 g/mol. The standard InChI is InChI=1S/C12H16F4O2Si/c1-17-9-6-5-7-10(8-9)18-11(13,14)12(15,16)19(2,3)4/h5-8H,1-4H3. The van der Waals surface area contributed by atoms with Gasteiger partial charge in [-0.15, -0.1) is 0 Å². The van der Waals surface area contributed by atoms with Crippen molar-refractivity contribution in [2.24, 2.45) is 0 Å². The predicted molar refractivity (Wildman–Crippen MR) is 66.9 cm³/mol. The molecule has 0 unspecified atom stereocenters. The molecule has 0 fully saturated rings. The SMILES string of the molecule is COc1cccc(OC(F)(F)C(F)(F)[Si](C)(C)C)c1. The van der Waals surface area contributed by atoms with Crippen LogP contribution in [0.15, 0.2) is 24.3 Å². The number of hydrogen-bond donors (Lipinski definition) is 0. The molecule has 0 amide bonds. The van der Waals surface area contributed by atoms with Crippen LogP contribution in [0, 0.1) is 0 Å². The van der Waals surface area contributed by atoms with Gasteiger partial charge in [0.25, 0.3) is 0 Å². The van der Waals surface area contributed by atoms with E-state index in [0.717, 1.165) is 25.7 Å². The Morgan fingerprint density at radius 3 is 2.00 bits per heavy atom. The monoisotopic (exact) mass is 296 g/mol. The molecule has 19 heavy (non-hydrogen) atoms. The molecule has 0 aromatic heterocycles. The Balaban J connectivity index is 3.02. The average molecular weight is 296 g/mol. The zero-order valence-corrected chi connectivity index (χ0v) is 12.1. The van der Waals surface area contributed by atoms with Gasteiger partial charge in [-0.2, -0.15) is 8.78 Å². The van der Waals surface area contributed by atoms with Gasteiger partial charge in [-0.3, -0.25) is 0 Å². The van der Waals surface area contributed by atoms with E-state index in [1.54, 1.807) is 0 Å². The third-order valence-corrected chi connectivity index (χ3v) is 4.77. The summed E-state index contributed by atoms with van der Waals surface area (Å²) in [6.45, 7) is 3.49. The van der Waals surface area contributed by atoms with Crippen LogP contribution in [0.1, 0.15) is 0 Å². The quantitative estimate of drug-likeness (QED) is 0.599. The fourth-order valence-corrected chi connectivity index (χ4v) is 2.24. The highest BCUT2D eigenvalue weighted by Gasteiger charge is 2.66. The van der Waals surface area contributed by atoms with Crippen molar-refractivity contribution in [1.29, 1.82) is 0 Å². The van der Waals surface area contributed by atoms with Crippen molar-refractivity contribution < 1.29 is 27.0 Å². The van der Waals surface area contributed by atoms with E-state index in [1.807, 2.05) is 0 Å². The molecule has 0 spiro atoms. The van der Waals surface area contributed by atoms with Gasteiger partial charge in [-0.05, 0) is 12.1 Å². The van der Waals surface area contributed by atoms with Gasteiger partial charge in [0.1, 0.15) is 19.6 Å². The van der Waals surface area contributed by atoms with E-state index in [0.29, 0.717) is 0 Å². The molecule has 0 N–H and O–H groups in total. The zero-order valence-electron chi connectivity index (χ0n) is 11.1. The molecule has 0 radical (unpaired) electrons. The van der Waals surface area contributed by atoms with Crippen molar-refractivity contribution in [3.8, 4) is 11.5 Å². The van der Waals surface area contributed by atoms with E-state index >= 15 is 0 Å². The molecule has 0 bridgehead atoms. The van der Waals surface area contributed by atoms with Gasteiger partial charge in [0.05, 0.1) is 7.11 Å². The van der Waals surface area contributed by atoms with E-state index in [4.69, 9.17) is 4.74 Å². The van der Waals surface area contributed by atoms with E-state index in [1.165, 1.54) is 25.3 Å². The molecule has 7 heteroatoms. The van der Waals surface area contributed by atoms with Crippen LogP contribution in [0.25, 0.3) is 0 Å². The van der Waals surface area contributed by atoms with Gasteiger partial charge in [0.2, 0.25) is 0 Å². The summed E-state index contributed by atoms with van der Waals surface area (Å²) in [7, 11) is -2.09. The lowest BCUT2D eigenvalue weighted by molar-refractivity contribution is -0.278. The van der Waals surface area contributed by atoms with Crippen molar-refractivity contribution >= 4 is 8.07 Å².